The molecule has 0 saturated carbocycles. The van der Waals surface area contributed by atoms with Crippen molar-refractivity contribution in [3.8, 4) is 0 Å². The quantitative estimate of drug-likeness (QED) is 0.663. The molecule has 0 bridgehead atoms. The number of esters is 1. The van der Waals surface area contributed by atoms with Crippen LogP contribution in [0.25, 0.3) is 0 Å². The zero-order chi connectivity index (χ0) is 15.4. The third-order valence-corrected chi connectivity index (χ3v) is 2.88. The number of rotatable bonds is 4. The fourth-order valence-electron chi connectivity index (χ4n) is 1.81. The fraction of sp³-hybridized carbons (Fsp3) is 0.0667. The molecule has 0 fully saturated rings. The molecule has 6 heteroatoms. The molecule has 0 aliphatic carbocycles. The largest absolute Gasteiger partial charge is 0.457 e. The van der Waals surface area contributed by atoms with Gasteiger partial charge in [0, 0.05) is 16.8 Å². The van der Waals surface area contributed by atoms with Crippen molar-refractivity contribution >= 4 is 17.6 Å². The lowest BCUT2D eigenvalue weighted by molar-refractivity contribution is 0.0471. The summed E-state index contributed by atoms with van der Waals surface area (Å²) in [5.41, 5.74) is 11.6. The van der Waals surface area contributed by atoms with Crippen molar-refractivity contribution in [3.63, 3.8) is 0 Å². The van der Waals surface area contributed by atoms with Crippen LogP contribution in [0.2, 0.25) is 0 Å². The Bertz CT molecular complexity index is 701. The summed E-state index contributed by atoms with van der Waals surface area (Å²) >= 11 is 0. The lowest BCUT2D eigenvalue weighted by atomic mass is 10.1. The molecule has 0 aromatic heterocycles. The van der Waals surface area contributed by atoms with Crippen LogP contribution in [0.4, 0.5) is 10.1 Å². The van der Waals surface area contributed by atoms with Crippen LogP contribution >= 0.6 is 0 Å². The maximum absolute atomic E-state index is 13.1. The minimum Gasteiger partial charge on any atom is -0.457 e. The van der Waals surface area contributed by atoms with Crippen molar-refractivity contribution in [1.82, 2.24) is 0 Å². The van der Waals surface area contributed by atoms with E-state index in [1.54, 1.807) is 18.2 Å². The van der Waals surface area contributed by atoms with Crippen molar-refractivity contribution in [1.29, 1.82) is 0 Å². The monoisotopic (exact) mass is 288 g/mol. The van der Waals surface area contributed by atoms with Gasteiger partial charge in [0.25, 0.3) is 0 Å². The second-order valence-corrected chi connectivity index (χ2v) is 4.33. The van der Waals surface area contributed by atoms with Crippen LogP contribution < -0.4 is 11.5 Å². The van der Waals surface area contributed by atoms with Crippen LogP contribution in [-0.2, 0) is 11.3 Å². The first-order valence-electron chi connectivity index (χ1n) is 6.09. The molecule has 0 aliphatic rings. The summed E-state index contributed by atoms with van der Waals surface area (Å²) in [6.07, 6.45) is 0. The number of primary amides is 1. The molecular weight excluding hydrogens is 275 g/mol. The molecule has 0 unspecified atom stereocenters. The lowest BCUT2D eigenvalue weighted by Gasteiger charge is -2.09. The van der Waals surface area contributed by atoms with Crippen molar-refractivity contribution < 1.29 is 18.7 Å². The number of hydrogen-bond donors (Lipinski definition) is 2. The van der Waals surface area contributed by atoms with E-state index in [9.17, 15) is 14.0 Å². The van der Waals surface area contributed by atoms with Crippen molar-refractivity contribution in [2.45, 2.75) is 6.61 Å². The van der Waals surface area contributed by atoms with Gasteiger partial charge in [-0.25, -0.2) is 9.18 Å². The van der Waals surface area contributed by atoms with Gasteiger partial charge in [-0.15, -0.1) is 0 Å². The van der Waals surface area contributed by atoms with E-state index in [0.717, 1.165) is 12.1 Å². The normalized spacial score (nSPS) is 10.1. The fourth-order valence-corrected chi connectivity index (χ4v) is 1.81. The standard InChI is InChI=1S/C15H13FN2O3/c16-10-5-6-13(17)12(7-10)15(20)21-8-9-3-1-2-4-11(9)14(18)19/h1-7H,8,17H2,(H2,18,19). The number of ether oxygens (including phenoxy) is 1. The number of hydrogen-bond acceptors (Lipinski definition) is 4. The number of nitrogen functional groups attached to an aromatic ring is 1. The number of nitrogens with two attached hydrogens (primary N) is 2. The molecule has 0 atom stereocenters. The van der Waals surface area contributed by atoms with Crippen LogP contribution in [0.15, 0.2) is 42.5 Å². The molecule has 2 rings (SSSR count). The Morgan fingerprint density at radius 3 is 2.52 bits per heavy atom. The lowest BCUT2D eigenvalue weighted by Crippen LogP contribution is -2.15. The molecule has 0 aliphatic heterocycles. The van der Waals surface area contributed by atoms with E-state index in [1.807, 2.05) is 0 Å². The topological polar surface area (TPSA) is 95.4 Å². The number of halogens is 1. The Kier molecular flexibility index (Phi) is 4.18. The number of carbonyl (C=O) groups is 2. The molecule has 4 N–H and O–H groups in total. The van der Waals surface area contributed by atoms with Gasteiger partial charge in [-0.1, -0.05) is 18.2 Å². The summed E-state index contributed by atoms with van der Waals surface area (Å²) in [5.74, 6) is -1.98. The highest BCUT2D eigenvalue weighted by Crippen LogP contribution is 2.16. The average Bonchev–Trinajstić information content (AvgIpc) is 2.47. The van der Waals surface area contributed by atoms with E-state index < -0.39 is 17.7 Å². The van der Waals surface area contributed by atoms with Crippen molar-refractivity contribution in [3.05, 3.63) is 65.0 Å². The molecule has 5 nitrogen and oxygen atoms in total. The first-order valence-corrected chi connectivity index (χ1v) is 6.09. The first-order chi connectivity index (χ1) is 9.99. The van der Waals surface area contributed by atoms with Crippen LogP contribution in [0.1, 0.15) is 26.3 Å². The highest BCUT2D eigenvalue weighted by Gasteiger charge is 2.14. The number of amides is 1. The third kappa shape index (κ3) is 3.36. The van der Waals surface area contributed by atoms with Crippen LogP contribution in [-0.4, -0.2) is 11.9 Å². The Hall–Kier alpha value is -2.89. The van der Waals surface area contributed by atoms with Crippen LogP contribution in [0.5, 0.6) is 0 Å². The SMILES string of the molecule is NC(=O)c1ccccc1COC(=O)c1cc(F)ccc1N. The highest BCUT2D eigenvalue weighted by molar-refractivity contribution is 5.96. The van der Waals surface area contributed by atoms with Gasteiger partial charge in [-0.2, -0.15) is 0 Å². The second kappa shape index (κ2) is 6.04. The van der Waals surface area contributed by atoms with Gasteiger partial charge < -0.3 is 16.2 Å². The smallest absolute Gasteiger partial charge is 0.340 e. The number of benzene rings is 2. The number of anilines is 1. The first kappa shape index (κ1) is 14.5. The Balaban J connectivity index is 2.15. The summed E-state index contributed by atoms with van der Waals surface area (Å²) in [7, 11) is 0. The molecule has 0 spiro atoms. The van der Waals surface area contributed by atoms with Crippen molar-refractivity contribution in [2.75, 3.05) is 5.73 Å². The molecular formula is C15H13FN2O3. The predicted molar refractivity (Wildman–Crippen MR) is 74.9 cm³/mol. The molecule has 2 aromatic rings. The number of carbonyl (C=O) groups excluding carboxylic acids is 2. The van der Waals surface area contributed by atoms with Gasteiger partial charge >= 0.3 is 5.97 Å². The highest BCUT2D eigenvalue weighted by atomic mass is 19.1. The van der Waals surface area contributed by atoms with E-state index in [0.29, 0.717) is 5.56 Å². The zero-order valence-electron chi connectivity index (χ0n) is 11.0. The zero-order valence-corrected chi connectivity index (χ0v) is 11.0. The molecule has 2 aromatic carbocycles. The maximum atomic E-state index is 13.1. The van der Waals surface area contributed by atoms with Crippen molar-refractivity contribution in [2.24, 2.45) is 5.73 Å². The summed E-state index contributed by atoms with van der Waals surface area (Å²) in [6, 6.07) is 9.90. The van der Waals surface area contributed by atoms with Crippen LogP contribution in [0.3, 0.4) is 0 Å². The van der Waals surface area contributed by atoms with Gasteiger partial charge in [-0.3, -0.25) is 4.79 Å². The molecule has 0 heterocycles. The Morgan fingerprint density at radius 1 is 1.10 bits per heavy atom. The summed E-state index contributed by atoms with van der Waals surface area (Å²) < 4.78 is 18.2. The summed E-state index contributed by atoms with van der Waals surface area (Å²) in [6.45, 7) is -0.159. The van der Waals surface area contributed by atoms with Gasteiger partial charge in [0.15, 0.2) is 0 Å². The van der Waals surface area contributed by atoms with E-state index in [4.69, 9.17) is 16.2 Å². The summed E-state index contributed by atoms with van der Waals surface area (Å²) in [4.78, 5) is 23.1. The van der Waals surface area contributed by atoms with Gasteiger partial charge in [0.1, 0.15) is 12.4 Å². The maximum Gasteiger partial charge on any atom is 0.340 e. The Labute approximate surface area is 120 Å². The predicted octanol–water partition coefficient (Wildman–Crippen LogP) is 1.86. The van der Waals surface area contributed by atoms with E-state index in [1.165, 1.54) is 12.1 Å². The van der Waals surface area contributed by atoms with Gasteiger partial charge in [0.2, 0.25) is 5.91 Å². The minimum atomic E-state index is -0.772. The summed E-state index contributed by atoms with van der Waals surface area (Å²) in [5, 5.41) is 0. The van der Waals surface area contributed by atoms with Crippen LogP contribution in [0, 0.1) is 5.82 Å². The van der Waals surface area contributed by atoms with Gasteiger partial charge in [0.05, 0.1) is 5.56 Å². The average molecular weight is 288 g/mol. The van der Waals surface area contributed by atoms with E-state index >= 15 is 0 Å². The molecule has 21 heavy (non-hydrogen) atoms. The van der Waals surface area contributed by atoms with E-state index in [-0.39, 0.29) is 23.4 Å². The molecule has 108 valence electrons. The van der Waals surface area contributed by atoms with Gasteiger partial charge in [-0.05, 0) is 24.3 Å². The molecule has 0 saturated heterocycles. The Morgan fingerprint density at radius 2 is 1.81 bits per heavy atom. The minimum absolute atomic E-state index is 0.0634. The molecule has 1 amide bonds. The third-order valence-electron chi connectivity index (χ3n) is 2.88. The molecule has 0 radical (unpaired) electrons. The second-order valence-electron chi connectivity index (χ2n) is 4.33. The van der Waals surface area contributed by atoms with E-state index in [2.05, 4.69) is 0 Å².